The minimum Gasteiger partial charge on any atom is -0.291 e. The third kappa shape index (κ3) is 1.90. The average Bonchev–Trinajstić information content (AvgIpc) is 2.50. The van der Waals surface area contributed by atoms with Crippen molar-refractivity contribution in [1.29, 1.82) is 0 Å². The summed E-state index contributed by atoms with van der Waals surface area (Å²) in [7, 11) is 0. The fourth-order valence-corrected chi connectivity index (χ4v) is 2.11. The molecule has 7 heteroatoms. The van der Waals surface area contributed by atoms with Gasteiger partial charge in [-0.1, -0.05) is 5.92 Å². The molecule has 22 heavy (non-hydrogen) atoms. The van der Waals surface area contributed by atoms with Gasteiger partial charge in [-0.05, 0) is 24.3 Å². The third-order valence-corrected chi connectivity index (χ3v) is 3.12. The lowest BCUT2D eigenvalue weighted by Gasteiger charge is -2.09. The monoisotopic (exact) mass is 299 g/mol. The summed E-state index contributed by atoms with van der Waals surface area (Å²) < 4.78 is 28.6. The highest BCUT2D eigenvalue weighted by Gasteiger charge is 2.19. The Morgan fingerprint density at radius 2 is 2.00 bits per heavy atom. The molecule has 0 spiro atoms. The second-order valence-electron chi connectivity index (χ2n) is 4.37. The molecular formula is C15H7F2N3O2. The minimum atomic E-state index is -1.15. The molecule has 0 saturated heterocycles. The van der Waals surface area contributed by atoms with Crippen LogP contribution in [0.5, 0.6) is 0 Å². The van der Waals surface area contributed by atoms with Crippen molar-refractivity contribution in [3.63, 3.8) is 0 Å². The zero-order valence-electron chi connectivity index (χ0n) is 10.9. The van der Waals surface area contributed by atoms with Gasteiger partial charge in [0.05, 0.1) is 10.9 Å². The highest BCUT2D eigenvalue weighted by atomic mass is 19.1. The van der Waals surface area contributed by atoms with Gasteiger partial charge in [0.25, 0.3) is 5.56 Å². The minimum absolute atomic E-state index is 0.0204. The summed E-state index contributed by atoms with van der Waals surface area (Å²) in [6.45, 7) is 0. The van der Waals surface area contributed by atoms with Gasteiger partial charge in [-0.15, -0.1) is 6.42 Å². The molecule has 5 nitrogen and oxygen atoms in total. The second-order valence-corrected chi connectivity index (χ2v) is 4.37. The zero-order valence-corrected chi connectivity index (χ0v) is 10.9. The quantitative estimate of drug-likeness (QED) is 0.689. The number of rotatable bonds is 1. The normalized spacial score (nSPS) is 10.6. The molecule has 0 saturated carbocycles. The Balaban J connectivity index is 2.50. The van der Waals surface area contributed by atoms with Gasteiger partial charge in [-0.2, -0.15) is 0 Å². The molecule has 2 heterocycles. The van der Waals surface area contributed by atoms with Crippen molar-refractivity contribution in [2.24, 2.45) is 0 Å². The molecule has 1 N–H and O–H groups in total. The fourth-order valence-electron chi connectivity index (χ4n) is 2.11. The van der Waals surface area contributed by atoms with Crippen LogP contribution in [0.1, 0.15) is 5.56 Å². The fraction of sp³-hybridized carbons (Fsp3) is 0. The zero-order chi connectivity index (χ0) is 15.9. The molecule has 0 bridgehead atoms. The van der Waals surface area contributed by atoms with Crippen LogP contribution in [0.4, 0.5) is 8.78 Å². The Morgan fingerprint density at radius 1 is 1.23 bits per heavy atom. The Labute approximate surface area is 121 Å². The molecule has 2 aromatic heterocycles. The van der Waals surface area contributed by atoms with Gasteiger partial charge in [0, 0.05) is 6.20 Å². The van der Waals surface area contributed by atoms with E-state index < -0.39 is 28.6 Å². The van der Waals surface area contributed by atoms with Crippen LogP contribution in [0.2, 0.25) is 0 Å². The van der Waals surface area contributed by atoms with Gasteiger partial charge >= 0.3 is 5.69 Å². The van der Waals surface area contributed by atoms with Crippen molar-refractivity contribution >= 4 is 11.0 Å². The molecule has 0 atom stereocenters. The molecule has 108 valence electrons. The predicted octanol–water partition coefficient (Wildman–Crippen LogP) is 1.33. The number of benzene rings is 1. The number of terminal acetylenes is 1. The van der Waals surface area contributed by atoms with Crippen LogP contribution in [-0.2, 0) is 0 Å². The Bertz CT molecular complexity index is 1060. The van der Waals surface area contributed by atoms with E-state index in [0.717, 1.165) is 12.1 Å². The molecule has 0 aliphatic carbocycles. The number of halogens is 2. The molecule has 3 aromatic rings. The van der Waals surface area contributed by atoms with Gasteiger partial charge in [-0.3, -0.25) is 9.78 Å². The van der Waals surface area contributed by atoms with E-state index in [1.807, 2.05) is 5.92 Å². The van der Waals surface area contributed by atoms with Crippen molar-refractivity contribution < 1.29 is 8.78 Å². The summed E-state index contributed by atoms with van der Waals surface area (Å²) >= 11 is 0. The Kier molecular flexibility index (Phi) is 3.07. The topological polar surface area (TPSA) is 67.8 Å². The number of fused-ring (bicyclic) bond motifs is 1. The highest BCUT2D eigenvalue weighted by Crippen LogP contribution is 2.18. The second kappa shape index (κ2) is 4.93. The summed E-state index contributed by atoms with van der Waals surface area (Å²) in [5, 5.41) is 0.0204. The van der Waals surface area contributed by atoms with E-state index in [0.29, 0.717) is 4.57 Å². The number of nitrogens with one attached hydrogen (secondary N) is 1. The van der Waals surface area contributed by atoms with Crippen molar-refractivity contribution in [3.8, 4) is 18.0 Å². The number of aromatic amines is 1. The van der Waals surface area contributed by atoms with Gasteiger partial charge in [0.1, 0.15) is 11.3 Å². The summed E-state index contributed by atoms with van der Waals surface area (Å²) in [4.78, 5) is 30.5. The van der Waals surface area contributed by atoms with E-state index in [1.165, 1.54) is 18.3 Å². The van der Waals surface area contributed by atoms with E-state index >= 15 is 0 Å². The lowest BCUT2D eigenvalue weighted by molar-refractivity contribution is 0.561. The largest absolute Gasteiger partial charge is 0.334 e. The standard InChI is InChI=1S/C15H7F2N3O2/c1-2-8-5-6-10(16)12(11(8)17)20-14(21)9-4-3-7-18-13(9)19-15(20)22/h1,3-7H,(H,18,19,22). The number of nitrogens with zero attached hydrogens (tertiary/aromatic N) is 2. The maximum Gasteiger partial charge on any atom is 0.334 e. The van der Waals surface area contributed by atoms with Crippen molar-refractivity contribution in [2.45, 2.75) is 0 Å². The lowest BCUT2D eigenvalue weighted by Crippen LogP contribution is -2.35. The Hall–Kier alpha value is -3.27. The van der Waals surface area contributed by atoms with Crippen LogP contribution in [0.15, 0.2) is 40.1 Å². The first-order valence-electron chi connectivity index (χ1n) is 6.09. The summed E-state index contributed by atoms with van der Waals surface area (Å²) in [6, 6.07) is 4.80. The van der Waals surface area contributed by atoms with Gasteiger partial charge in [0.2, 0.25) is 0 Å². The summed E-state index contributed by atoms with van der Waals surface area (Å²) in [5.74, 6) is -0.204. The number of hydrogen-bond acceptors (Lipinski definition) is 3. The maximum absolute atomic E-state index is 14.3. The summed E-state index contributed by atoms with van der Waals surface area (Å²) in [6.07, 6.45) is 6.50. The summed E-state index contributed by atoms with van der Waals surface area (Å²) in [5.41, 5.74) is -2.94. The number of aromatic nitrogens is 3. The van der Waals surface area contributed by atoms with Crippen molar-refractivity contribution in [1.82, 2.24) is 14.5 Å². The SMILES string of the molecule is C#Cc1ccc(F)c(-n2c(=O)[nH]c3ncccc3c2=O)c1F. The van der Waals surface area contributed by atoms with Crippen LogP contribution in [0.3, 0.4) is 0 Å². The van der Waals surface area contributed by atoms with Gasteiger partial charge < -0.3 is 0 Å². The molecule has 3 rings (SSSR count). The van der Waals surface area contributed by atoms with E-state index in [9.17, 15) is 18.4 Å². The smallest absolute Gasteiger partial charge is 0.291 e. The maximum atomic E-state index is 14.3. The van der Waals surface area contributed by atoms with Crippen LogP contribution < -0.4 is 11.2 Å². The lowest BCUT2D eigenvalue weighted by atomic mass is 10.1. The molecule has 0 aliphatic heterocycles. The molecule has 0 aliphatic rings. The first-order valence-corrected chi connectivity index (χ1v) is 6.09. The number of hydrogen-bond donors (Lipinski definition) is 1. The van der Waals surface area contributed by atoms with Crippen LogP contribution >= 0.6 is 0 Å². The van der Waals surface area contributed by atoms with Gasteiger partial charge in [0.15, 0.2) is 11.6 Å². The molecule has 0 radical (unpaired) electrons. The number of pyridine rings is 1. The third-order valence-electron chi connectivity index (χ3n) is 3.12. The van der Waals surface area contributed by atoms with E-state index in [2.05, 4.69) is 9.97 Å². The molecular weight excluding hydrogens is 292 g/mol. The molecule has 0 amide bonds. The van der Waals surface area contributed by atoms with E-state index in [1.54, 1.807) is 0 Å². The molecule has 1 aromatic carbocycles. The van der Waals surface area contributed by atoms with Crippen LogP contribution in [0.25, 0.3) is 16.7 Å². The van der Waals surface area contributed by atoms with Crippen LogP contribution in [-0.4, -0.2) is 14.5 Å². The molecule has 0 fully saturated rings. The first kappa shape index (κ1) is 13.7. The first-order chi connectivity index (χ1) is 10.5. The van der Waals surface area contributed by atoms with Crippen LogP contribution in [0, 0.1) is 24.0 Å². The average molecular weight is 299 g/mol. The van der Waals surface area contributed by atoms with Gasteiger partial charge in [-0.25, -0.2) is 23.1 Å². The molecule has 0 unspecified atom stereocenters. The van der Waals surface area contributed by atoms with E-state index in [4.69, 9.17) is 6.42 Å². The number of H-pyrrole nitrogens is 1. The highest BCUT2D eigenvalue weighted by molar-refractivity contribution is 5.73. The van der Waals surface area contributed by atoms with Crippen molar-refractivity contribution in [2.75, 3.05) is 0 Å². The van der Waals surface area contributed by atoms with Crippen molar-refractivity contribution in [3.05, 3.63) is 68.5 Å². The van der Waals surface area contributed by atoms with E-state index in [-0.39, 0.29) is 16.6 Å². The Morgan fingerprint density at radius 3 is 2.73 bits per heavy atom. The predicted molar refractivity (Wildman–Crippen MR) is 75.8 cm³/mol.